The standard InChI is InChI=1S/C11H20N4OS/c1-4-12-9(3)10-13-14-11(16-10)15-5-6-17-8(2)7-15/h8-9,12H,4-7H2,1-3H3. The van der Waals surface area contributed by atoms with Gasteiger partial charge in [-0.1, -0.05) is 18.9 Å². The van der Waals surface area contributed by atoms with Crippen molar-refractivity contribution in [2.24, 2.45) is 0 Å². The molecule has 0 bridgehead atoms. The second-order valence-corrected chi connectivity index (χ2v) is 5.88. The normalized spacial score (nSPS) is 22.8. The minimum Gasteiger partial charge on any atom is -0.406 e. The van der Waals surface area contributed by atoms with Crippen molar-refractivity contribution in [1.82, 2.24) is 15.5 Å². The van der Waals surface area contributed by atoms with E-state index < -0.39 is 0 Å². The molecule has 1 N–H and O–H groups in total. The van der Waals surface area contributed by atoms with Gasteiger partial charge < -0.3 is 14.6 Å². The Morgan fingerprint density at radius 2 is 2.41 bits per heavy atom. The molecule has 0 saturated carbocycles. The first kappa shape index (κ1) is 12.7. The number of hydrogen-bond donors (Lipinski definition) is 1. The van der Waals surface area contributed by atoms with Crippen molar-refractivity contribution in [2.75, 3.05) is 30.3 Å². The molecule has 1 saturated heterocycles. The van der Waals surface area contributed by atoms with Gasteiger partial charge in [0.1, 0.15) is 0 Å². The van der Waals surface area contributed by atoms with Crippen molar-refractivity contribution in [3.05, 3.63) is 5.89 Å². The third kappa shape index (κ3) is 3.13. The highest BCUT2D eigenvalue weighted by Gasteiger charge is 2.22. The summed E-state index contributed by atoms with van der Waals surface area (Å²) in [6, 6.07) is 0.787. The van der Waals surface area contributed by atoms with Crippen LogP contribution in [0.1, 0.15) is 32.7 Å². The van der Waals surface area contributed by atoms with Crippen molar-refractivity contribution in [3.8, 4) is 0 Å². The van der Waals surface area contributed by atoms with E-state index in [2.05, 4.69) is 34.3 Å². The summed E-state index contributed by atoms with van der Waals surface area (Å²) in [6.07, 6.45) is 0. The highest BCUT2D eigenvalue weighted by atomic mass is 32.2. The Hall–Kier alpha value is -0.750. The number of aromatic nitrogens is 2. The van der Waals surface area contributed by atoms with Crippen LogP contribution in [0.2, 0.25) is 0 Å². The van der Waals surface area contributed by atoms with Crippen LogP contribution >= 0.6 is 11.8 Å². The lowest BCUT2D eigenvalue weighted by Gasteiger charge is -2.28. The highest BCUT2D eigenvalue weighted by molar-refractivity contribution is 8.00. The molecule has 2 rings (SSSR count). The summed E-state index contributed by atoms with van der Waals surface area (Å²) >= 11 is 1.99. The lowest BCUT2D eigenvalue weighted by Crippen LogP contribution is -2.36. The Morgan fingerprint density at radius 1 is 1.59 bits per heavy atom. The number of rotatable bonds is 4. The summed E-state index contributed by atoms with van der Waals surface area (Å²) < 4.78 is 5.72. The summed E-state index contributed by atoms with van der Waals surface area (Å²) in [5.41, 5.74) is 0. The maximum absolute atomic E-state index is 5.72. The topological polar surface area (TPSA) is 54.2 Å². The van der Waals surface area contributed by atoms with Gasteiger partial charge in [-0.05, 0) is 13.5 Å². The van der Waals surface area contributed by atoms with Crippen LogP contribution in [0, 0.1) is 0 Å². The quantitative estimate of drug-likeness (QED) is 0.884. The van der Waals surface area contributed by atoms with Gasteiger partial charge in [0.25, 0.3) is 0 Å². The van der Waals surface area contributed by atoms with E-state index >= 15 is 0 Å². The van der Waals surface area contributed by atoms with E-state index in [1.165, 1.54) is 0 Å². The Morgan fingerprint density at radius 3 is 3.12 bits per heavy atom. The average Bonchev–Trinajstić information content (AvgIpc) is 2.78. The minimum absolute atomic E-state index is 0.123. The largest absolute Gasteiger partial charge is 0.406 e. The van der Waals surface area contributed by atoms with Crippen LogP contribution in [0.25, 0.3) is 0 Å². The first-order chi connectivity index (χ1) is 8.20. The molecule has 0 radical (unpaired) electrons. The van der Waals surface area contributed by atoms with Crippen LogP contribution in [0.15, 0.2) is 4.42 Å². The summed E-state index contributed by atoms with van der Waals surface area (Å²) in [6.45, 7) is 9.21. The number of nitrogens with one attached hydrogen (secondary N) is 1. The first-order valence-corrected chi connectivity index (χ1v) is 7.19. The van der Waals surface area contributed by atoms with Crippen molar-refractivity contribution >= 4 is 17.8 Å². The molecule has 1 fully saturated rings. The summed E-state index contributed by atoms with van der Waals surface area (Å²) in [5.74, 6) is 1.80. The van der Waals surface area contributed by atoms with Gasteiger partial charge in [-0.15, -0.1) is 5.10 Å². The molecular formula is C11H20N4OS. The van der Waals surface area contributed by atoms with Gasteiger partial charge in [0.05, 0.1) is 6.04 Å². The molecule has 96 valence electrons. The van der Waals surface area contributed by atoms with Crippen molar-refractivity contribution in [3.63, 3.8) is 0 Å². The monoisotopic (exact) mass is 256 g/mol. The van der Waals surface area contributed by atoms with Crippen LogP contribution in [0.4, 0.5) is 6.01 Å². The van der Waals surface area contributed by atoms with Crippen molar-refractivity contribution in [1.29, 1.82) is 0 Å². The molecule has 0 aromatic carbocycles. The molecule has 1 aliphatic rings. The maximum Gasteiger partial charge on any atom is 0.318 e. The molecule has 1 aliphatic heterocycles. The summed E-state index contributed by atoms with van der Waals surface area (Å²) in [5, 5.41) is 12.1. The third-order valence-corrected chi connectivity index (χ3v) is 3.96. The SMILES string of the molecule is CCNC(C)c1nnc(N2CCSC(C)C2)o1. The fourth-order valence-electron chi connectivity index (χ4n) is 1.91. The van der Waals surface area contributed by atoms with E-state index in [1.807, 2.05) is 18.7 Å². The van der Waals surface area contributed by atoms with E-state index in [-0.39, 0.29) is 6.04 Å². The zero-order valence-corrected chi connectivity index (χ0v) is 11.5. The lowest BCUT2D eigenvalue weighted by atomic mass is 10.3. The molecule has 6 heteroatoms. The van der Waals surface area contributed by atoms with Crippen LogP contribution < -0.4 is 10.2 Å². The zero-order chi connectivity index (χ0) is 12.3. The van der Waals surface area contributed by atoms with E-state index in [0.29, 0.717) is 17.2 Å². The van der Waals surface area contributed by atoms with E-state index in [9.17, 15) is 0 Å². The van der Waals surface area contributed by atoms with Crippen LogP contribution in [-0.2, 0) is 0 Å². The second kappa shape index (κ2) is 5.73. The highest BCUT2D eigenvalue weighted by Crippen LogP contribution is 2.23. The van der Waals surface area contributed by atoms with E-state index in [1.54, 1.807) is 0 Å². The van der Waals surface area contributed by atoms with Crippen LogP contribution in [0.3, 0.4) is 0 Å². The number of nitrogens with zero attached hydrogens (tertiary/aromatic N) is 3. The predicted octanol–water partition coefficient (Wildman–Crippen LogP) is 1.68. The van der Waals surface area contributed by atoms with Gasteiger partial charge in [-0.25, -0.2) is 0 Å². The number of anilines is 1. The van der Waals surface area contributed by atoms with Crippen molar-refractivity contribution < 1.29 is 4.42 Å². The molecule has 1 aromatic rings. The molecule has 17 heavy (non-hydrogen) atoms. The van der Waals surface area contributed by atoms with Gasteiger partial charge in [-0.3, -0.25) is 0 Å². The van der Waals surface area contributed by atoms with E-state index in [4.69, 9.17) is 4.42 Å². The van der Waals surface area contributed by atoms with Gasteiger partial charge in [0.15, 0.2) is 0 Å². The molecule has 0 aliphatic carbocycles. The fourth-order valence-corrected chi connectivity index (χ4v) is 2.93. The van der Waals surface area contributed by atoms with Gasteiger partial charge in [0.2, 0.25) is 5.89 Å². The minimum atomic E-state index is 0.123. The van der Waals surface area contributed by atoms with Crippen molar-refractivity contribution in [2.45, 2.75) is 32.1 Å². The second-order valence-electron chi connectivity index (χ2n) is 4.33. The molecule has 2 unspecified atom stereocenters. The van der Waals surface area contributed by atoms with Crippen LogP contribution in [0.5, 0.6) is 0 Å². The maximum atomic E-state index is 5.72. The predicted molar refractivity (Wildman–Crippen MR) is 70.5 cm³/mol. The smallest absolute Gasteiger partial charge is 0.318 e. The van der Waals surface area contributed by atoms with Gasteiger partial charge in [-0.2, -0.15) is 11.8 Å². The van der Waals surface area contributed by atoms with Crippen LogP contribution in [-0.4, -0.2) is 40.8 Å². The first-order valence-electron chi connectivity index (χ1n) is 6.14. The Labute approximate surface area is 106 Å². The fraction of sp³-hybridized carbons (Fsp3) is 0.818. The zero-order valence-electron chi connectivity index (χ0n) is 10.6. The average molecular weight is 256 g/mol. The summed E-state index contributed by atoms with van der Waals surface area (Å²) in [7, 11) is 0. The summed E-state index contributed by atoms with van der Waals surface area (Å²) in [4.78, 5) is 2.18. The Bertz CT molecular complexity index is 357. The number of thioether (sulfide) groups is 1. The Balaban J connectivity index is 2.02. The van der Waals surface area contributed by atoms with Gasteiger partial charge >= 0.3 is 6.01 Å². The molecule has 5 nitrogen and oxygen atoms in total. The molecule has 2 atom stereocenters. The molecule has 0 spiro atoms. The molecule has 0 amide bonds. The Kier molecular flexibility index (Phi) is 4.28. The molecular weight excluding hydrogens is 236 g/mol. The lowest BCUT2D eigenvalue weighted by molar-refractivity contribution is 0.419. The molecule has 2 heterocycles. The van der Waals surface area contributed by atoms with Gasteiger partial charge in [0, 0.05) is 24.1 Å². The third-order valence-electron chi connectivity index (χ3n) is 2.82. The number of hydrogen-bond acceptors (Lipinski definition) is 6. The van der Waals surface area contributed by atoms with E-state index in [0.717, 1.165) is 25.4 Å². The molecule has 1 aromatic heterocycles.